The Morgan fingerprint density at radius 3 is 2.69 bits per heavy atom. The van der Waals surface area contributed by atoms with Gasteiger partial charge in [0.15, 0.2) is 5.78 Å². The SMILES string of the molecule is [N-]=[N+]=C1CC=CC2=C1c1ccccc1C2=O. The number of allylic oxidation sites excluding steroid dienone is 4. The van der Waals surface area contributed by atoms with Crippen LogP contribution < -0.4 is 0 Å². The molecule has 0 atom stereocenters. The molecule has 0 amide bonds. The highest BCUT2D eigenvalue weighted by molar-refractivity contribution is 6.37. The molecular weight excluding hydrogens is 200 g/mol. The molecular formula is C13H8N2O. The van der Waals surface area contributed by atoms with E-state index >= 15 is 0 Å². The maximum Gasteiger partial charge on any atom is 0.304 e. The summed E-state index contributed by atoms with van der Waals surface area (Å²) in [6.07, 6.45) is 4.22. The lowest BCUT2D eigenvalue weighted by atomic mass is 9.95. The Morgan fingerprint density at radius 2 is 1.94 bits per heavy atom. The smallest absolute Gasteiger partial charge is 0.304 e. The molecule has 3 rings (SSSR count). The first-order valence-corrected chi connectivity index (χ1v) is 5.09. The van der Waals surface area contributed by atoms with Gasteiger partial charge in [-0.1, -0.05) is 36.4 Å². The maximum atomic E-state index is 12.0. The van der Waals surface area contributed by atoms with E-state index in [1.54, 1.807) is 6.07 Å². The number of hydrogen-bond acceptors (Lipinski definition) is 1. The van der Waals surface area contributed by atoms with Gasteiger partial charge < -0.3 is 5.53 Å². The van der Waals surface area contributed by atoms with E-state index < -0.39 is 0 Å². The quantitative estimate of drug-likeness (QED) is 0.476. The van der Waals surface area contributed by atoms with Gasteiger partial charge in [-0.2, -0.15) is 4.79 Å². The van der Waals surface area contributed by atoms with E-state index in [1.165, 1.54) is 0 Å². The zero-order chi connectivity index (χ0) is 11.1. The summed E-state index contributed by atoms with van der Waals surface area (Å²) in [6.45, 7) is 0. The van der Waals surface area contributed by atoms with Crippen LogP contribution in [-0.2, 0) is 0 Å². The molecule has 3 heteroatoms. The molecule has 76 valence electrons. The van der Waals surface area contributed by atoms with Crippen LogP contribution >= 0.6 is 0 Å². The van der Waals surface area contributed by atoms with E-state index in [4.69, 9.17) is 5.53 Å². The van der Waals surface area contributed by atoms with Gasteiger partial charge in [-0.15, -0.1) is 0 Å². The van der Waals surface area contributed by atoms with Crippen molar-refractivity contribution in [3.8, 4) is 0 Å². The predicted octanol–water partition coefficient (Wildman–Crippen LogP) is 2.27. The van der Waals surface area contributed by atoms with Crippen molar-refractivity contribution in [3.63, 3.8) is 0 Å². The summed E-state index contributed by atoms with van der Waals surface area (Å²) >= 11 is 0. The fourth-order valence-electron chi connectivity index (χ4n) is 2.25. The number of carbonyl (C=O) groups is 1. The average Bonchev–Trinajstić information content (AvgIpc) is 2.64. The van der Waals surface area contributed by atoms with E-state index in [-0.39, 0.29) is 5.78 Å². The Bertz CT molecular complexity index is 617. The third kappa shape index (κ3) is 1.01. The second-order valence-corrected chi connectivity index (χ2v) is 3.82. The van der Waals surface area contributed by atoms with Crippen molar-refractivity contribution in [1.29, 1.82) is 0 Å². The van der Waals surface area contributed by atoms with Gasteiger partial charge >= 0.3 is 5.71 Å². The summed E-state index contributed by atoms with van der Waals surface area (Å²) in [5.41, 5.74) is 12.5. The van der Waals surface area contributed by atoms with Gasteiger partial charge in [0.25, 0.3) is 0 Å². The molecule has 2 aliphatic carbocycles. The number of Topliss-reactive ketones (excluding diaryl/α,β-unsaturated/α-hetero) is 1. The minimum absolute atomic E-state index is 0.0164. The van der Waals surface area contributed by atoms with Crippen molar-refractivity contribution < 1.29 is 9.58 Å². The van der Waals surface area contributed by atoms with Crippen molar-refractivity contribution in [3.05, 3.63) is 58.6 Å². The summed E-state index contributed by atoms with van der Waals surface area (Å²) in [5, 5.41) is 0. The van der Waals surface area contributed by atoms with Gasteiger partial charge in [-0.25, -0.2) is 0 Å². The number of nitrogens with zero attached hydrogens (tertiary/aromatic N) is 2. The number of carbonyl (C=O) groups excluding carboxylic acids is 1. The summed E-state index contributed by atoms with van der Waals surface area (Å²) in [6, 6.07) is 7.42. The second kappa shape index (κ2) is 3.12. The number of fused-ring (bicyclic) bond motifs is 2. The van der Waals surface area contributed by atoms with E-state index in [9.17, 15) is 4.79 Å². The van der Waals surface area contributed by atoms with Crippen molar-refractivity contribution in [1.82, 2.24) is 0 Å². The standard InChI is InChI=1S/C13H8N2O/c14-15-11-7-3-6-10-12(11)8-4-1-2-5-9(8)13(10)16/h1-6H,7H2. The van der Waals surface area contributed by atoms with Crippen LogP contribution in [0, 0.1) is 0 Å². The molecule has 0 fully saturated rings. The molecule has 0 bridgehead atoms. The lowest BCUT2D eigenvalue weighted by Gasteiger charge is -2.03. The summed E-state index contributed by atoms with van der Waals surface area (Å²) in [7, 11) is 0. The van der Waals surface area contributed by atoms with Crippen LogP contribution in [0.15, 0.2) is 42.0 Å². The molecule has 1 aromatic rings. The summed E-state index contributed by atoms with van der Waals surface area (Å²) < 4.78 is 0. The normalized spacial score (nSPS) is 17.2. The van der Waals surface area contributed by atoms with E-state index in [0.29, 0.717) is 23.3 Å². The fraction of sp³-hybridized carbons (Fsp3) is 0.0769. The largest absolute Gasteiger partial charge is 0.361 e. The Morgan fingerprint density at radius 1 is 1.19 bits per heavy atom. The molecule has 0 heterocycles. The monoisotopic (exact) mass is 208 g/mol. The lowest BCUT2D eigenvalue weighted by molar-refractivity contribution is -0.00450. The highest BCUT2D eigenvalue weighted by atomic mass is 16.1. The van der Waals surface area contributed by atoms with Gasteiger partial charge in [-0.05, 0) is 0 Å². The van der Waals surface area contributed by atoms with E-state index in [1.807, 2.05) is 30.4 Å². The number of hydrogen-bond donors (Lipinski definition) is 0. The van der Waals surface area contributed by atoms with Gasteiger partial charge in [0.1, 0.15) is 0 Å². The van der Waals surface area contributed by atoms with Gasteiger partial charge in [0.2, 0.25) is 0 Å². The summed E-state index contributed by atoms with van der Waals surface area (Å²) in [4.78, 5) is 15.3. The molecule has 0 saturated heterocycles. The van der Waals surface area contributed by atoms with Crippen molar-refractivity contribution >= 4 is 17.1 Å². The van der Waals surface area contributed by atoms with Gasteiger partial charge in [0, 0.05) is 16.7 Å². The molecule has 2 aliphatic rings. The Kier molecular flexibility index (Phi) is 1.76. The van der Waals surface area contributed by atoms with Crippen molar-refractivity contribution in [2.45, 2.75) is 6.42 Å². The van der Waals surface area contributed by atoms with Gasteiger partial charge in [-0.3, -0.25) is 4.79 Å². The minimum Gasteiger partial charge on any atom is -0.361 e. The molecule has 0 spiro atoms. The first kappa shape index (κ1) is 9.01. The summed E-state index contributed by atoms with van der Waals surface area (Å²) in [5.74, 6) is 0.0164. The third-order valence-corrected chi connectivity index (χ3v) is 2.96. The molecule has 0 unspecified atom stereocenters. The maximum absolute atomic E-state index is 12.0. The molecule has 0 aliphatic heterocycles. The van der Waals surface area contributed by atoms with Crippen molar-refractivity contribution in [2.75, 3.05) is 0 Å². The van der Waals surface area contributed by atoms with Crippen LogP contribution in [0.1, 0.15) is 22.3 Å². The van der Waals surface area contributed by atoms with Crippen molar-refractivity contribution in [2.24, 2.45) is 0 Å². The molecule has 16 heavy (non-hydrogen) atoms. The zero-order valence-corrected chi connectivity index (χ0v) is 8.47. The molecule has 0 N–H and O–H groups in total. The molecule has 3 nitrogen and oxygen atoms in total. The third-order valence-electron chi connectivity index (χ3n) is 2.96. The van der Waals surface area contributed by atoms with Crippen LogP contribution in [0.25, 0.3) is 11.1 Å². The lowest BCUT2D eigenvalue weighted by Crippen LogP contribution is -2.06. The topological polar surface area (TPSA) is 53.5 Å². The number of ketones is 1. The average molecular weight is 208 g/mol. The highest BCUT2D eigenvalue weighted by Crippen LogP contribution is 2.36. The first-order valence-electron chi connectivity index (χ1n) is 5.09. The highest BCUT2D eigenvalue weighted by Gasteiger charge is 2.35. The Labute approximate surface area is 92.3 Å². The molecule has 0 aromatic heterocycles. The van der Waals surface area contributed by atoms with E-state index in [2.05, 4.69) is 4.79 Å². The first-order chi connectivity index (χ1) is 7.83. The Balaban J connectivity index is 2.36. The predicted molar refractivity (Wildman–Crippen MR) is 60.1 cm³/mol. The van der Waals surface area contributed by atoms with Gasteiger partial charge in [0.05, 0.1) is 12.0 Å². The molecule has 1 aromatic carbocycles. The van der Waals surface area contributed by atoms with E-state index in [0.717, 1.165) is 11.1 Å². The second-order valence-electron chi connectivity index (χ2n) is 3.82. The number of rotatable bonds is 0. The zero-order valence-electron chi connectivity index (χ0n) is 8.47. The minimum atomic E-state index is 0.0164. The Hall–Kier alpha value is -2.25. The van der Waals surface area contributed by atoms with Crippen LogP contribution in [0.2, 0.25) is 0 Å². The van der Waals surface area contributed by atoms with Crippen LogP contribution in [-0.4, -0.2) is 16.3 Å². The van der Waals surface area contributed by atoms with Crippen LogP contribution in [0.4, 0.5) is 0 Å². The van der Waals surface area contributed by atoms with Crippen LogP contribution in [0.3, 0.4) is 0 Å². The van der Waals surface area contributed by atoms with Crippen LogP contribution in [0.5, 0.6) is 0 Å². The molecule has 0 saturated carbocycles. The number of benzene rings is 1. The fourth-order valence-corrected chi connectivity index (χ4v) is 2.25. The molecule has 0 radical (unpaired) electrons.